The van der Waals surface area contributed by atoms with Crippen LogP contribution in [0.15, 0.2) is 42.5 Å². The van der Waals surface area contributed by atoms with Gasteiger partial charge < -0.3 is 15.5 Å². The Morgan fingerprint density at radius 1 is 1.20 bits per heavy atom. The highest BCUT2D eigenvalue weighted by atomic mass is 35.5. The Balaban J connectivity index is 1.89. The number of benzene rings is 2. The number of carboxylic acids is 1. The van der Waals surface area contributed by atoms with Crippen molar-refractivity contribution in [3.05, 3.63) is 69.2 Å². The number of allylic oxidation sites excluding steroid dienone is 2. The van der Waals surface area contributed by atoms with E-state index in [4.69, 9.17) is 23.2 Å². The second-order valence-corrected chi connectivity index (χ2v) is 7.22. The summed E-state index contributed by atoms with van der Waals surface area (Å²) in [7, 11) is 0. The number of phenolic OH excluding ortho intramolecular Hbond substituents is 1. The van der Waals surface area contributed by atoms with Crippen molar-refractivity contribution in [3.8, 4) is 5.75 Å². The molecule has 4 rings (SSSR count). The van der Waals surface area contributed by atoms with Crippen LogP contribution in [-0.4, -0.2) is 16.2 Å². The smallest absolute Gasteiger partial charge is 0.337 e. The van der Waals surface area contributed by atoms with Crippen LogP contribution in [0.5, 0.6) is 5.75 Å². The first-order valence-corrected chi connectivity index (χ1v) is 8.70. The number of carbonyl (C=O) groups is 1. The zero-order valence-electron chi connectivity index (χ0n) is 13.0. The minimum Gasteiger partial charge on any atom is -0.506 e. The number of carboxylic acid groups (broad SMARTS) is 1. The van der Waals surface area contributed by atoms with Crippen molar-refractivity contribution in [2.45, 2.75) is 18.4 Å². The van der Waals surface area contributed by atoms with Crippen LogP contribution in [0.2, 0.25) is 10.0 Å². The number of rotatable bonds is 2. The monoisotopic (exact) mass is 375 g/mol. The normalized spacial score (nSPS) is 23.7. The molecule has 128 valence electrons. The summed E-state index contributed by atoms with van der Waals surface area (Å²) in [6.45, 7) is 0. The molecule has 2 aromatic carbocycles. The van der Waals surface area contributed by atoms with Crippen molar-refractivity contribution in [1.82, 2.24) is 0 Å². The number of halogens is 2. The number of fused-ring (bicyclic) bond motifs is 3. The minimum absolute atomic E-state index is 0.0392. The summed E-state index contributed by atoms with van der Waals surface area (Å²) in [6.07, 6.45) is 4.88. The predicted molar refractivity (Wildman–Crippen MR) is 97.9 cm³/mol. The van der Waals surface area contributed by atoms with E-state index in [-0.39, 0.29) is 34.2 Å². The molecule has 3 N–H and O–H groups in total. The van der Waals surface area contributed by atoms with Crippen molar-refractivity contribution in [2.24, 2.45) is 5.92 Å². The molecule has 0 amide bonds. The molecule has 0 saturated carbocycles. The molecular weight excluding hydrogens is 361 g/mol. The number of aromatic carboxylic acids is 1. The van der Waals surface area contributed by atoms with Gasteiger partial charge in [-0.3, -0.25) is 0 Å². The molecule has 0 aromatic heterocycles. The summed E-state index contributed by atoms with van der Waals surface area (Å²) in [5, 5.41) is 24.0. The van der Waals surface area contributed by atoms with Crippen molar-refractivity contribution in [3.63, 3.8) is 0 Å². The van der Waals surface area contributed by atoms with Gasteiger partial charge in [-0.2, -0.15) is 0 Å². The molecule has 0 bridgehead atoms. The lowest BCUT2D eigenvalue weighted by molar-refractivity contribution is 0.0695. The Morgan fingerprint density at radius 2 is 1.92 bits per heavy atom. The summed E-state index contributed by atoms with van der Waals surface area (Å²) < 4.78 is 0. The third kappa shape index (κ3) is 2.57. The predicted octanol–water partition coefficient (Wildman–Crippen LogP) is 5.22. The molecule has 0 fully saturated rings. The molecule has 25 heavy (non-hydrogen) atoms. The fourth-order valence-electron chi connectivity index (χ4n) is 3.95. The lowest BCUT2D eigenvalue weighted by Crippen LogP contribution is -2.30. The van der Waals surface area contributed by atoms with E-state index < -0.39 is 5.97 Å². The van der Waals surface area contributed by atoms with Crippen molar-refractivity contribution >= 4 is 34.9 Å². The number of hydrogen-bond acceptors (Lipinski definition) is 3. The maximum absolute atomic E-state index is 11.7. The van der Waals surface area contributed by atoms with Crippen LogP contribution in [0.1, 0.15) is 39.9 Å². The minimum atomic E-state index is -1.09. The first kappa shape index (κ1) is 16.3. The van der Waals surface area contributed by atoms with E-state index >= 15 is 0 Å². The van der Waals surface area contributed by atoms with Crippen LogP contribution in [-0.2, 0) is 0 Å². The summed E-state index contributed by atoms with van der Waals surface area (Å²) in [5.74, 6) is -1.10. The molecule has 0 radical (unpaired) electrons. The van der Waals surface area contributed by atoms with Gasteiger partial charge in [0, 0.05) is 22.6 Å². The second kappa shape index (κ2) is 5.97. The molecule has 1 aliphatic carbocycles. The highest BCUT2D eigenvalue weighted by Gasteiger charge is 2.41. The largest absolute Gasteiger partial charge is 0.506 e. The third-order valence-corrected chi connectivity index (χ3v) is 5.56. The summed E-state index contributed by atoms with van der Waals surface area (Å²) in [6, 6.07) is 8.79. The topological polar surface area (TPSA) is 69.6 Å². The third-order valence-electron chi connectivity index (χ3n) is 5.01. The molecule has 1 aliphatic heterocycles. The van der Waals surface area contributed by atoms with Gasteiger partial charge in [-0.1, -0.05) is 47.5 Å². The highest BCUT2D eigenvalue weighted by molar-refractivity contribution is 6.34. The number of nitrogens with one attached hydrogen (secondary N) is 1. The van der Waals surface area contributed by atoms with Gasteiger partial charge in [0.2, 0.25) is 0 Å². The van der Waals surface area contributed by atoms with E-state index in [0.29, 0.717) is 16.3 Å². The molecule has 4 nitrogen and oxygen atoms in total. The highest BCUT2D eigenvalue weighted by Crippen LogP contribution is 2.54. The standard InChI is InChI=1S/C19H15Cl2NO3/c20-10-6-4-9(5-7-10)17-12-3-1-2-11(12)15-16(19(24)25)13(21)8-14(23)18(15)22-17/h1-2,4-8,11-12,17,22-23H,3H2,(H,24,25). The Hall–Kier alpha value is -2.17. The quantitative estimate of drug-likeness (QED) is 0.496. The number of hydrogen-bond donors (Lipinski definition) is 3. The fraction of sp³-hybridized carbons (Fsp3) is 0.211. The maximum Gasteiger partial charge on any atom is 0.337 e. The van der Waals surface area contributed by atoms with E-state index in [2.05, 4.69) is 11.4 Å². The Morgan fingerprint density at radius 3 is 2.60 bits per heavy atom. The van der Waals surface area contributed by atoms with E-state index in [1.165, 1.54) is 6.07 Å². The van der Waals surface area contributed by atoms with Gasteiger partial charge in [0.05, 0.1) is 22.3 Å². The number of aromatic hydroxyl groups is 1. The molecule has 6 heteroatoms. The van der Waals surface area contributed by atoms with Crippen LogP contribution in [0.3, 0.4) is 0 Å². The summed E-state index contributed by atoms with van der Waals surface area (Å²) in [5.41, 5.74) is 2.09. The summed E-state index contributed by atoms with van der Waals surface area (Å²) in [4.78, 5) is 11.7. The lowest BCUT2D eigenvalue weighted by atomic mass is 9.75. The van der Waals surface area contributed by atoms with Gasteiger partial charge in [-0.15, -0.1) is 0 Å². The van der Waals surface area contributed by atoms with Gasteiger partial charge in [0.15, 0.2) is 0 Å². The van der Waals surface area contributed by atoms with E-state index in [9.17, 15) is 15.0 Å². The zero-order chi connectivity index (χ0) is 17.7. The van der Waals surface area contributed by atoms with Crippen LogP contribution < -0.4 is 5.32 Å². The van der Waals surface area contributed by atoms with Crippen LogP contribution >= 0.6 is 23.2 Å². The Bertz CT molecular complexity index is 893. The van der Waals surface area contributed by atoms with Gasteiger partial charge >= 0.3 is 5.97 Å². The fourth-order valence-corrected chi connectivity index (χ4v) is 4.36. The van der Waals surface area contributed by atoms with Gasteiger partial charge in [0.1, 0.15) is 5.75 Å². The van der Waals surface area contributed by atoms with Crippen molar-refractivity contribution in [2.75, 3.05) is 5.32 Å². The molecular formula is C19H15Cl2NO3. The first-order chi connectivity index (χ1) is 12.0. The average Bonchev–Trinajstić information content (AvgIpc) is 3.04. The van der Waals surface area contributed by atoms with E-state index in [0.717, 1.165) is 12.0 Å². The molecule has 1 heterocycles. The Labute approximate surface area is 154 Å². The van der Waals surface area contributed by atoms with Gasteiger partial charge in [0.25, 0.3) is 0 Å². The second-order valence-electron chi connectivity index (χ2n) is 6.37. The molecule has 3 unspecified atom stereocenters. The van der Waals surface area contributed by atoms with Gasteiger partial charge in [-0.05, 0) is 30.0 Å². The van der Waals surface area contributed by atoms with Crippen molar-refractivity contribution < 1.29 is 15.0 Å². The van der Waals surface area contributed by atoms with E-state index in [1.807, 2.05) is 30.3 Å². The molecule has 0 saturated heterocycles. The van der Waals surface area contributed by atoms with Crippen LogP contribution in [0, 0.1) is 5.92 Å². The van der Waals surface area contributed by atoms with Crippen LogP contribution in [0.25, 0.3) is 0 Å². The average molecular weight is 376 g/mol. The lowest BCUT2D eigenvalue weighted by Gasteiger charge is -2.38. The zero-order valence-corrected chi connectivity index (χ0v) is 14.6. The summed E-state index contributed by atoms with van der Waals surface area (Å²) >= 11 is 12.1. The number of phenols is 1. The maximum atomic E-state index is 11.7. The first-order valence-electron chi connectivity index (χ1n) is 7.94. The van der Waals surface area contributed by atoms with Crippen molar-refractivity contribution in [1.29, 1.82) is 0 Å². The SMILES string of the molecule is O=C(O)c1c(Cl)cc(O)c2c1C1C=CCC1C(c1ccc(Cl)cc1)N2. The molecule has 0 spiro atoms. The number of anilines is 1. The molecule has 3 atom stereocenters. The van der Waals surface area contributed by atoms with Gasteiger partial charge in [-0.25, -0.2) is 4.79 Å². The molecule has 2 aliphatic rings. The Kier molecular flexibility index (Phi) is 3.89. The van der Waals surface area contributed by atoms with E-state index in [1.54, 1.807) is 0 Å². The molecule has 2 aromatic rings. The van der Waals surface area contributed by atoms with Crippen LogP contribution in [0.4, 0.5) is 5.69 Å².